The number of rotatable bonds is 4. The van der Waals surface area contributed by atoms with Gasteiger partial charge in [-0.15, -0.1) is 0 Å². The normalized spacial score (nSPS) is 14.5. The van der Waals surface area contributed by atoms with Crippen LogP contribution in [0.15, 0.2) is 33.4 Å². The van der Waals surface area contributed by atoms with E-state index < -0.39 is 5.97 Å². The number of carboxylic acids is 1. The van der Waals surface area contributed by atoms with Gasteiger partial charge in [0.2, 0.25) is 5.91 Å². The lowest BCUT2D eigenvalue weighted by Gasteiger charge is -2.04. The van der Waals surface area contributed by atoms with Crippen molar-refractivity contribution in [2.24, 2.45) is 0 Å². The van der Waals surface area contributed by atoms with Crippen molar-refractivity contribution in [2.45, 2.75) is 55.4 Å². The second kappa shape index (κ2) is 13.0. The molecule has 1 rings (SSSR count). The van der Waals surface area contributed by atoms with E-state index in [4.69, 9.17) is 5.11 Å². The van der Waals surface area contributed by atoms with E-state index in [0.29, 0.717) is 22.3 Å². The second-order valence-corrected chi connectivity index (χ2v) is 6.92. The number of imide groups is 1. The quantitative estimate of drug-likeness (QED) is 0.507. The van der Waals surface area contributed by atoms with Crippen LogP contribution in [-0.4, -0.2) is 59.4 Å². The molecule has 1 heterocycles. The van der Waals surface area contributed by atoms with Gasteiger partial charge in [-0.3, -0.25) is 28.9 Å². The van der Waals surface area contributed by atoms with Gasteiger partial charge in [-0.25, -0.2) is 4.79 Å². The van der Waals surface area contributed by atoms with E-state index in [1.54, 1.807) is 27.7 Å². The first-order valence-corrected chi connectivity index (χ1v) is 9.34. The molecule has 0 fully saturated rings. The zero-order valence-electron chi connectivity index (χ0n) is 19.8. The maximum Gasteiger partial charge on any atom is 0.331 e. The molecule has 3 amide bonds. The Kier molecular flexibility index (Phi) is 12.6. The molecule has 1 aliphatic rings. The number of ketones is 2. The topological polar surface area (TPSA) is 138 Å². The molecule has 0 aromatic rings. The number of hydrogen-bond acceptors (Lipinski definition) is 6. The van der Waals surface area contributed by atoms with E-state index in [-0.39, 0.29) is 40.4 Å². The Hall–Kier alpha value is -3.36. The van der Waals surface area contributed by atoms with Gasteiger partial charge in [0.25, 0.3) is 11.8 Å². The zero-order chi connectivity index (χ0) is 25.2. The van der Waals surface area contributed by atoms with Crippen LogP contribution < -0.4 is 5.32 Å². The molecular weight excluding hydrogens is 404 g/mol. The molecule has 9 heteroatoms. The lowest BCUT2D eigenvalue weighted by Crippen LogP contribution is -2.26. The number of nitrogens with zero attached hydrogens (tertiary/aromatic N) is 1. The number of allylic oxidation sites excluding steroid dienone is 2. The maximum atomic E-state index is 11.0. The lowest BCUT2D eigenvalue weighted by molar-refractivity contribution is -0.136. The smallest absolute Gasteiger partial charge is 0.331 e. The summed E-state index contributed by atoms with van der Waals surface area (Å²) in [5.41, 5.74) is 2.56. The summed E-state index contributed by atoms with van der Waals surface area (Å²) >= 11 is 0. The highest BCUT2D eigenvalue weighted by atomic mass is 16.4. The molecule has 0 aromatic carbocycles. The van der Waals surface area contributed by atoms with Gasteiger partial charge in [-0.05, 0) is 66.5 Å². The standard InChI is InChI=1S/C8H12O2.C7H11NO3.C7H9NO2/c1-5(7(3)9)6(2)8(4)10;1-4(6(9)8-3)5(2)7(10)11;1-4-5(2)7(10)8(3)6(4)9/h1-4H3;1-3H3,(H,8,9)(H,10,11);1-3H3/b6-5-;5-4-;. The minimum atomic E-state index is -1.06. The summed E-state index contributed by atoms with van der Waals surface area (Å²) in [6.45, 7) is 12.5. The number of carbonyl (C=O) groups is 6. The second-order valence-electron chi connectivity index (χ2n) is 6.92. The largest absolute Gasteiger partial charge is 0.478 e. The number of aliphatic carboxylic acids is 1. The first kappa shape index (κ1) is 29.8. The molecule has 0 aromatic heterocycles. The van der Waals surface area contributed by atoms with Gasteiger partial charge in [-0.2, -0.15) is 0 Å². The third-order valence-electron chi connectivity index (χ3n) is 4.88. The van der Waals surface area contributed by atoms with Crippen molar-refractivity contribution in [3.05, 3.63) is 33.4 Å². The molecule has 0 aliphatic carbocycles. The Bertz CT molecular complexity index is 844. The van der Waals surface area contributed by atoms with Crippen LogP contribution in [0.2, 0.25) is 0 Å². The fraction of sp³-hybridized carbons (Fsp3) is 0.455. The molecular formula is C22H32N2O7. The van der Waals surface area contributed by atoms with Gasteiger partial charge in [-0.1, -0.05) is 0 Å². The third kappa shape index (κ3) is 8.90. The predicted octanol–water partition coefficient (Wildman–Crippen LogP) is 1.98. The van der Waals surface area contributed by atoms with Crippen molar-refractivity contribution in [1.29, 1.82) is 0 Å². The monoisotopic (exact) mass is 436 g/mol. The highest BCUT2D eigenvalue weighted by Gasteiger charge is 2.29. The Labute approximate surface area is 182 Å². The van der Waals surface area contributed by atoms with E-state index in [2.05, 4.69) is 5.32 Å². The fourth-order valence-corrected chi connectivity index (χ4v) is 1.96. The van der Waals surface area contributed by atoms with E-state index in [1.165, 1.54) is 41.8 Å². The average molecular weight is 437 g/mol. The molecule has 0 saturated carbocycles. The highest BCUT2D eigenvalue weighted by molar-refractivity contribution is 6.18. The molecule has 31 heavy (non-hydrogen) atoms. The van der Waals surface area contributed by atoms with Gasteiger partial charge >= 0.3 is 5.97 Å². The Morgan fingerprint density at radius 1 is 0.710 bits per heavy atom. The predicted molar refractivity (Wildman–Crippen MR) is 116 cm³/mol. The first-order chi connectivity index (χ1) is 14.0. The number of carbonyl (C=O) groups excluding carboxylic acids is 5. The summed E-state index contributed by atoms with van der Waals surface area (Å²) in [7, 11) is 2.95. The average Bonchev–Trinajstić information content (AvgIpc) is 2.89. The molecule has 0 saturated heterocycles. The Balaban J connectivity index is 0. The Morgan fingerprint density at radius 3 is 1.19 bits per heavy atom. The SMILES string of the molecule is CC(=O)/C(C)=C(/C)C(C)=O.CC1=C(C)C(=O)N(C)C1=O.CNC(=O)/C(C)=C(/C)C(=O)O. The number of nitrogens with one attached hydrogen (secondary N) is 1. The van der Waals surface area contributed by atoms with E-state index >= 15 is 0 Å². The molecule has 1 aliphatic heterocycles. The number of carboxylic acid groups (broad SMARTS) is 1. The van der Waals surface area contributed by atoms with Gasteiger partial charge in [0.15, 0.2) is 11.6 Å². The van der Waals surface area contributed by atoms with Crippen molar-refractivity contribution >= 4 is 35.3 Å². The van der Waals surface area contributed by atoms with Crippen molar-refractivity contribution in [3.8, 4) is 0 Å². The van der Waals surface area contributed by atoms with Gasteiger partial charge in [0.1, 0.15) is 0 Å². The van der Waals surface area contributed by atoms with Crippen LogP contribution in [0.1, 0.15) is 55.4 Å². The van der Waals surface area contributed by atoms with Crippen LogP contribution in [0.25, 0.3) is 0 Å². The molecule has 172 valence electrons. The first-order valence-electron chi connectivity index (χ1n) is 9.34. The molecule has 0 radical (unpaired) electrons. The van der Waals surface area contributed by atoms with E-state index in [0.717, 1.165) is 4.90 Å². The van der Waals surface area contributed by atoms with Crippen LogP contribution in [0.5, 0.6) is 0 Å². The van der Waals surface area contributed by atoms with Crippen LogP contribution in [0, 0.1) is 0 Å². The number of hydrogen-bond donors (Lipinski definition) is 2. The molecule has 9 nitrogen and oxygen atoms in total. The van der Waals surface area contributed by atoms with Crippen molar-refractivity contribution < 1.29 is 33.9 Å². The van der Waals surface area contributed by atoms with Gasteiger partial charge in [0, 0.05) is 36.4 Å². The summed E-state index contributed by atoms with van der Waals surface area (Å²) < 4.78 is 0. The Morgan fingerprint density at radius 2 is 1.03 bits per heavy atom. The summed E-state index contributed by atoms with van der Waals surface area (Å²) in [6.07, 6.45) is 0. The van der Waals surface area contributed by atoms with Gasteiger partial charge < -0.3 is 10.4 Å². The summed E-state index contributed by atoms with van der Waals surface area (Å²) in [4.78, 5) is 65.6. The molecule has 0 unspecified atom stereocenters. The van der Waals surface area contributed by atoms with E-state index in [9.17, 15) is 28.8 Å². The molecule has 0 atom stereocenters. The number of amides is 3. The van der Waals surface area contributed by atoms with Crippen LogP contribution in [0.4, 0.5) is 0 Å². The van der Waals surface area contributed by atoms with Crippen molar-refractivity contribution in [3.63, 3.8) is 0 Å². The van der Waals surface area contributed by atoms with Crippen LogP contribution in [0.3, 0.4) is 0 Å². The third-order valence-corrected chi connectivity index (χ3v) is 4.88. The minimum Gasteiger partial charge on any atom is -0.478 e. The molecule has 2 N–H and O–H groups in total. The summed E-state index contributed by atoms with van der Waals surface area (Å²) in [5.74, 6) is -1.85. The van der Waals surface area contributed by atoms with Gasteiger partial charge in [0.05, 0.1) is 0 Å². The van der Waals surface area contributed by atoms with E-state index in [1.807, 2.05) is 0 Å². The highest BCUT2D eigenvalue weighted by Crippen LogP contribution is 2.17. The molecule has 0 bridgehead atoms. The summed E-state index contributed by atoms with van der Waals surface area (Å²) in [5, 5.41) is 10.8. The zero-order valence-corrected chi connectivity index (χ0v) is 19.8. The van der Waals surface area contributed by atoms with Crippen molar-refractivity contribution in [1.82, 2.24) is 10.2 Å². The minimum absolute atomic E-state index is 0.0345. The van der Waals surface area contributed by atoms with Crippen LogP contribution >= 0.6 is 0 Å². The number of likely N-dealkylation sites (N-methyl/N-ethyl adjacent to an activating group) is 2. The fourth-order valence-electron chi connectivity index (χ4n) is 1.96. The summed E-state index contributed by atoms with van der Waals surface area (Å²) in [6, 6.07) is 0. The lowest BCUT2D eigenvalue weighted by atomic mass is 10.1. The maximum absolute atomic E-state index is 11.0. The molecule has 0 spiro atoms. The van der Waals surface area contributed by atoms with Crippen molar-refractivity contribution in [2.75, 3.05) is 14.1 Å². The van der Waals surface area contributed by atoms with Crippen LogP contribution in [-0.2, 0) is 28.8 Å². The number of Topliss-reactive ketones (excluding diaryl/α,β-unsaturated/α-hetero) is 2.